The van der Waals surface area contributed by atoms with Crippen LogP contribution in [-0.2, 0) is 19.4 Å². The van der Waals surface area contributed by atoms with Crippen molar-refractivity contribution in [1.29, 1.82) is 0 Å². The number of allylic oxidation sites excluding steroid dienone is 5. The lowest BCUT2D eigenvalue weighted by Gasteiger charge is -2.28. The lowest BCUT2D eigenvalue weighted by atomic mass is 10.1. The summed E-state index contributed by atoms with van der Waals surface area (Å²) >= 11 is 5.19. The van der Waals surface area contributed by atoms with Crippen LogP contribution in [0.2, 0.25) is 0 Å². The Morgan fingerprint density at radius 3 is 2.14 bits per heavy atom. The van der Waals surface area contributed by atoms with Gasteiger partial charge in [0, 0.05) is 31.2 Å². The Morgan fingerprint density at radius 2 is 1.55 bits per heavy atom. The molecule has 0 N–H and O–H groups in total. The van der Waals surface area contributed by atoms with E-state index in [2.05, 4.69) is 83.1 Å². The topological polar surface area (TPSA) is 54.5 Å². The molecule has 0 radical (unpaired) electrons. The highest BCUT2D eigenvalue weighted by Crippen LogP contribution is 2.42. The molecule has 1 aliphatic carbocycles. The predicted octanol–water partition coefficient (Wildman–Crippen LogP) is 7.61. The molecule has 212 valence electrons. The van der Waals surface area contributed by atoms with Gasteiger partial charge in [0.25, 0.3) is 0 Å². The van der Waals surface area contributed by atoms with Crippen molar-refractivity contribution in [2.45, 2.75) is 12.8 Å². The number of carbonyl (C=O) groups excluding carboxylic acids is 1. The number of thiocarbonyl (C=S) groups is 1. The van der Waals surface area contributed by atoms with Crippen molar-refractivity contribution in [2.75, 3.05) is 23.9 Å². The van der Waals surface area contributed by atoms with E-state index >= 15 is 0 Å². The van der Waals surface area contributed by atoms with Crippen molar-refractivity contribution in [1.82, 2.24) is 5.06 Å². The molecule has 8 heteroatoms. The van der Waals surface area contributed by atoms with Crippen LogP contribution in [0.3, 0.4) is 0 Å². The van der Waals surface area contributed by atoms with Crippen LogP contribution >= 0.6 is 12.2 Å². The number of benzene rings is 3. The summed E-state index contributed by atoms with van der Waals surface area (Å²) in [6, 6.07) is 28.7. The first-order valence-corrected chi connectivity index (χ1v) is 13.9. The SMILES string of the molecule is C=COON1C(=O)/C(=C\C2=C(N(c3ccccc3)c3ccccc3)C(=C/C=C/c3ccc(N(C)C)cc3)/CC2)OC1=S. The third kappa shape index (κ3) is 6.35. The van der Waals surface area contributed by atoms with Crippen LogP contribution in [0.4, 0.5) is 17.1 Å². The number of carbonyl (C=O) groups is 1. The second-order valence-electron chi connectivity index (χ2n) is 9.73. The lowest BCUT2D eigenvalue weighted by molar-refractivity contribution is -0.352. The number of hydrogen-bond acceptors (Lipinski definition) is 7. The highest BCUT2D eigenvalue weighted by atomic mass is 32.1. The number of rotatable bonds is 10. The van der Waals surface area contributed by atoms with Crippen molar-refractivity contribution in [2.24, 2.45) is 0 Å². The molecule has 1 aliphatic heterocycles. The van der Waals surface area contributed by atoms with Gasteiger partial charge in [0.15, 0.2) is 5.76 Å². The monoisotopic (exact) mass is 577 g/mol. The van der Waals surface area contributed by atoms with E-state index in [4.69, 9.17) is 26.8 Å². The maximum absolute atomic E-state index is 13.0. The Balaban J connectivity index is 1.58. The fourth-order valence-electron chi connectivity index (χ4n) is 4.77. The van der Waals surface area contributed by atoms with Crippen LogP contribution in [-0.4, -0.2) is 30.2 Å². The zero-order chi connectivity index (χ0) is 29.5. The molecule has 7 nitrogen and oxygen atoms in total. The fourth-order valence-corrected chi connectivity index (χ4v) is 4.98. The summed E-state index contributed by atoms with van der Waals surface area (Å²) in [4.78, 5) is 27.0. The minimum atomic E-state index is -0.557. The highest BCUT2D eigenvalue weighted by Gasteiger charge is 2.37. The summed E-state index contributed by atoms with van der Waals surface area (Å²) < 4.78 is 5.63. The Labute approximate surface area is 251 Å². The Morgan fingerprint density at radius 1 is 0.905 bits per heavy atom. The van der Waals surface area contributed by atoms with E-state index in [0.29, 0.717) is 6.42 Å². The first-order chi connectivity index (χ1) is 20.5. The molecule has 0 spiro atoms. The van der Waals surface area contributed by atoms with Crippen molar-refractivity contribution in [3.63, 3.8) is 0 Å². The molecule has 0 atom stereocenters. The molecule has 3 aromatic rings. The number of anilines is 3. The van der Waals surface area contributed by atoms with Crippen molar-refractivity contribution < 1.29 is 19.4 Å². The van der Waals surface area contributed by atoms with Crippen LogP contribution in [0.25, 0.3) is 6.08 Å². The number of amides is 1. The molecule has 3 aromatic carbocycles. The molecule has 1 amide bonds. The van der Waals surface area contributed by atoms with Gasteiger partial charge in [-0.25, -0.2) is 0 Å². The van der Waals surface area contributed by atoms with Gasteiger partial charge in [0.2, 0.25) is 0 Å². The molecule has 5 rings (SSSR count). The average molecular weight is 578 g/mol. The van der Waals surface area contributed by atoms with Gasteiger partial charge in [-0.2, -0.15) is 0 Å². The van der Waals surface area contributed by atoms with Gasteiger partial charge in [-0.15, -0.1) is 0 Å². The zero-order valence-electron chi connectivity index (χ0n) is 23.5. The molecule has 0 unspecified atom stereocenters. The van der Waals surface area contributed by atoms with E-state index in [1.54, 1.807) is 6.08 Å². The quantitative estimate of drug-likeness (QED) is 0.0808. The van der Waals surface area contributed by atoms with Crippen molar-refractivity contribution >= 4 is 46.4 Å². The van der Waals surface area contributed by atoms with E-state index in [0.717, 1.165) is 57.2 Å². The smallest absolute Gasteiger partial charge is 0.324 e. The second kappa shape index (κ2) is 13.2. The molecular weight excluding hydrogens is 546 g/mol. The maximum Gasteiger partial charge on any atom is 0.324 e. The average Bonchev–Trinajstić information content (AvgIpc) is 3.52. The van der Waals surface area contributed by atoms with Gasteiger partial charge in [-0.05, 0) is 89.2 Å². The summed E-state index contributed by atoms with van der Waals surface area (Å²) in [7, 11) is 4.05. The van der Waals surface area contributed by atoms with Crippen LogP contribution in [0.5, 0.6) is 0 Å². The molecule has 0 aromatic heterocycles. The van der Waals surface area contributed by atoms with Crippen LogP contribution in [0.15, 0.2) is 139 Å². The molecular formula is C34H31N3O4S. The van der Waals surface area contributed by atoms with Gasteiger partial charge in [-0.3, -0.25) is 4.79 Å². The van der Waals surface area contributed by atoms with Gasteiger partial charge in [0.1, 0.15) is 6.26 Å². The number of para-hydroxylation sites is 2. The van der Waals surface area contributed by atoms with Crippen LogP contribution < -0.4 is 9.80 Å². The number of hydroxylamine groups is 2. The fraction of sp³-hybridized carbons (Fsp3) is 0.118. The summed E-state index contributed by atoms with van der Waals surface area (Å²) in [6.07, 6.45) is 10.5. The normalized spacial score (nSPS) is 17.0. The maximum atomic E-state index is 13.0. The molecule has 2 aliphatic rings. The summed E-state index contributed by atoms with van der Waals surface area (Å²) in [6.45, 7) is 3.41. The predicted molar refractivity (Wildman–Crippen MR) is 170 cm³/mol. The van der Waals surface area contributed by atoms with E-state index in [1.807, 2.05) is 50.5 Å². The number of hydrogen-bond donors (Lipinski definition) is 0. The zero-order valence-corrected chi connectivity index (χ0v) is 24.3. The third-order valence-corrected chi connectivity index (χ3v) is 7.02. The van der Waals surface area contributed by atoms with Gasteiger partial charge >= 0.3 is 11.1 Å². The molecule has 1 heterocycles. The van der Waals surface area contributed by atoms with E-state index < -0.39 is 5.91 Å². The van der Waals surface area contributed by atoms with E-state index in [1.165, 1.54) is 0 Å². The standard InChI is InChI=1S/C34H31N3O4S/c1-4-39-41-37-33(38)31(40-34(37)42)24-27-21-20-26(13-11-12-25-18-22-28(23-19-25)35(2)3)32(27)36(29-14-7-5-8-15-29)30-16-9-6-10-17-30/h4-19,22-24H,1,20-21H2,2-3H3/b12-11+,26-13+,31-24+. The van der Waals surface area contributed by atoms with Crippen LogP contribution in [0, 0.1) is 0 Å². The van der Waals surface area contributed by atoms with Crippen molar-refractivity contribution in [3.8, 4) is 0 Å². The first-order valence-electron chi connectivity index (χ1n) is 13.5. The lowest BCUT2D eigenvalue weighted by Crippen LogP contribution is -2.28. The summed E-state index contributed by atoms with van der Waals surface area (Å²) in [5, 5.41) is 0.626. The second-order valence-corrected chi connectivity index (χ2v) is 10.1. The molecule has 42 heavy (non-hydrogen) atoms. The molecule has 1 saturated heterocycles. The Hall–Kier alpha value is -4.92. The number of ether oxygens (including phenoxy) is 1. The minimum Gasteiger partial charge on any atom is -0.424 e. The Kier molecular flexibility index (Phi) is 8.96. The van der Waals surface area contributed by atoms with Gasteiger partial charge in [0.05, 0.1) is 5.70 Å². The Bertz CT molecular complexity index is 1540. The van der Waals surface area contributed by atoms with E-state index in [9.17, 15) is 4.79 Å². The van der Waals surface area contributed by atoms with Gasteiger partial charge in [-0.1, -0.05) is 78.4 Å². The molecule has 0 saturated carbocycles. The van der Waals surface area contributed by atoms with E-state index in [-0.39, 0.29) is 10.9 Å². The number of nitrogens with zero attached hydrogens (tertiary/aromatic N) is 3. The van der Waals surface area contributed by atoms with Crippen molar-refractivity contribution in [3.05, 3.63) is 144 Å². The summed E-state index contributed by atoms with van der Waals surface area (Å²) in [5.74, 6) is -0.503. The third-order valence-electron chi connectivity index (χ3n) is 6.77. The molecule has 0 bridgehead atoms. The largest absolute Gasteiger partial charge is 0.424 e. The van der Waals surface area contributed by atoms with Gasteiger partial charge < -0.3 is 19.4 Å². The first kappa shape index (κ1) is 28.6. The highest BCUT2D eigenvalue weighted by molar-refractivity contribution is 7.80. The molecule has 1 fully saturated rings. The summed E-state index contributed by atoms with van der Waals surface area (Å²) in [5.41, 5.74) is 7.24. The minimum absolute atomic E-state index is 0.0546. The van der Waals surface area contributed by atoms with Crippen LogP contribution in [0.1, 0.15) is 18.4 Å².